The maximum absolute atomic E-state index is 14.5. The molecule has 5 rings (SSSR count). The Morgan fingerprint density at radius 1 is 1.18 bits per heavy atom. The fourth-order valence-corrected chi connectivity index (χ4v) is 3.89. The molecule has 1 aliphatic heterocycles. The van der Waals surface area contributed by atoms with Crippen LogP contribution in [0.4, 0.5) is 10.1 Å². The first-order valence-electron chi connectivity index (χ1n) is 10.7. The van der Waals surface area contributed by atoms with Crippen LogP contribution in [0, 0.1) is 5.82 Å². The maximum Gasteiger partial charge on any atom is 0.269 e. The van der Waals surface area contributed by atoms with Crippen LogP contribution in [0.5, 0.6) is 5.88 Å². The molecular weight excluding hydrogens is 463 g/mol. The van der Waals surface area contributed by atoms with Gasteiger partial charge in [-0.2, -0.15) is 10.2 Å². The predicted octanol–water partition coefficient (Wildman–Crippen LogP) is 2.42. The van der Waals surface area contributed by atoms with E-state index in [0.717, 1.165) is 0 Å². The van der Waals surface area contributed by atoms with Crippen LogP contribution >= 0.6 is 11.6 Å². The lowest BCUT2D eigenvalue weighted by molar-refractivity contribution is 0.159. The largest absolute Gasteiger partial charge is 0.469 e. The van der Waals surface area contributed by atoms with Gasteiger partial charge in [-0.05, 0) is 31.2 Å². The number of ether oxygens (including phenoxy) is 1. The van der Waals surface area contributed by atoms with Crippen molar-refractivity contribution in [1.82, 2.24) is 35.0 Å². The number of benzene rings is 1. The van der Waals surface area contributed by atoms with E-state index in [-0.39, 0.29) is 28.8 Å². The number of hydrogen-bond acceptors (Lipinski definition) is 8. The van der Waals surface area contributed by atoms with Gasteiger partial charge in [0.15, 0.2) is 0 Å². The molecular formula is C22H20ClFN8O2. The maximum atomic E-state index is 14.5. The van der Waals surface area contributed by atoms with E-state index in [2.05, 4.69) is 25.6 Å². The molecule has 0 atom stereocenters. The van der Waals surface area contributed by atoms with Gasteiger partial charge in [-0.1, -0.05) is 16.8 Å². The van der Waals surface area contributed by atoms with E-state index in [1.165, 1.54) is 16.8 Å². The second kappa shape index (κ2) is 9.18. The number of anilines is 1. The summed E-state index contributed by atoms with van der Waals surface area (Å²) in [5.41, 5.74) is 1.60. The van der Waals surface area contributed by atoms with Crippen molar-refractivity contribution in [2.45, 2.75) is 26.1 Å². The minimum atomic E-state index is -0.511. The highest BCUT2D eigenvalue weighted by molar-refractivity contribution is 6.30. The Morgan fingerprint density at radius 3 is 2.74 bits per heavy atom. The molecule has 1 fully saturated rings. The first kappa shape index (κ1) is 22.0. The topological polar surface area (TPSA) is 104 Å². The van der Waals surface area contributed by atoms with E-state index >= 15 is 0 Å². The monoisotopic (exact) mass is 482 g/mol. The molecule has 12 heteroatoms. The summed E-state index contributed by atoms with van der Waals surface area (Å²) in [6, 6.07) is 9.39. The van der Waals surface area contributed by atoms with Gasteiger partial charge in [0.05, 0.1) is 37.2 Å². The second-order valence-electron chi connectivity index (χ2n) is 7.74. The summed E-state index contributed by atoms with van der Waals surface area (Å²) in [5, 5.41) is 20.6. The van der Waals surface area contributed by atoms with Gasteiger partial charge in [0.2, 0.25) is 5.88 Å². The van der Waals surface area contributed by atoms with Crippen molar-refractivity contribution < 1.29 is 9.13 Å². The molecule has 174 valence electrons. The normalized spacial score (nSPS) is 13.7. The van der Waals surface area contributed by atoms with Crippen molar-refractivity contribution in [2.24, 2.45) is 0 Å². The average Bonchev–Trinajstić information content (AvgIpc) is 3.20. The van der Waals surface area contributed by atoms with E-state index in [1.807, 2.05) is 11.8 Å². The van der Waals surface area contributed by atoms with Crippen molar-refractivity contribution in [1.29, 1.82) is 0 Å². The molecule has 4 heterocycles. The molecule has 3 aromatic heterocycles. The van der Waals surface area contributed by atoms with Crippen LogP contribution in [0.15, 0.2) is 53.6 Å². The summed E-state index contributed by atoms with van der Waals surface area (Å²) in [6.45, 7) is 3.70. The van der Waals surface area contributed by atoms with Gasteiger partial charge in [-0.15, -0.1) is 10.2 Å². The zero-order valence-corrected chi connectivity index (χ0v) is 18.9. The Morgan fingerprint density at radius 2 is 2.03 bits per heavy atom. The minimum absolute atomic E-state index is 0.0408. The third kappa shape index (κ3) is 4.34. The number of hydrogen-bond donors (Lipinski definition) is 0. The molecule has 1 aromatic carbocycles. The van der Waals surface area contributed by atoms with Crippen LogP contribution in [0.2, 0.25) is 5.02 Å². The molecule has 0 amide bonds. The van der Waals surface area contributed by atoms with Crippen molar-refractivity contribution in [3.63, 3.8) is 0 Å². The Hall–Kier alpha value is -3.86. The molecule has 0 aliphatic carbocycles. The van der Waals surface area contributed by atoms with Crippen LogP contribution in [-0.2, 0) is 13.1 Å². The van der Waals surface area contributed by atoms with Gasteiger partial charge in [-0.25, -0.2) is 13.8 Å². The number of halogens is 2. The van der Waals surface area contributed by atoms with Crippen LogP contribution in [0.3, 0.4) is 0 Å². The van der Waals surface area contributed by atoms with Crippen molar-refractivity contribution >= 4 is 17.3 Å². The van der Waals surface area contributed by atoms with E-state index in [9.17, 15) is 9.18 Å². The summed E-state index contributed by atoms with van der Waals surface area (Å²) in [7, 11) is 0. The van der Waals surface area contributed by atoms with Gasteiger partial charge in [-0.3, -0.25) is 4.79 Å². The molecule has 1 saturated heterocycles. The first-order valence-corrected chi connectivity index (χ1v) is 11.0. The zero-order chi connectivity index (χ0) is 23.7. The lowest BCUT2D eigenvalue weighted by atomic mass is 10.1. The van der Waals surface area contributed by atoms with Crippen molar-refractivity contribution in [3.05, 3.63) is 75.7 Å². The number of nitrogens with zero attached hydrogens (tertiary/aromatic N) is 8. The summed E-state index contributed by atoms with van der Waals surface area (Å²) < 4.78 is 23.2. The summed E-state index contributed by atoms with van der Waals surface area (Å²) in [5.74, 6) is -0.0432. The molecule has 0 spiro atoms. The average molecular weight is 483 g/mol. The molecule has 34 heavy (non-hydrogen) atoms. The molecule has 0 unspecified atom stereocenters. The third-order valence-corrected chi connectivity index (χ3v) is 5.76. The quantitative estimate of drug-likeness (QED) is 0.395. The third-order valence-electron chi connectivity index (χ3n) is 5.53. The number of aryl methyl sites for hydroxylation is 1. The molecule has 10 nitrogen and oxygen atoms in total. The van der Waals surface area contributed by atoms with Gasteiger partial charge >= 0.3 is 0 Å². The van der Waals surface area contributed by atoms with Crippen LogP contribution in [-0.4, -0.2) is 54.2 Å². The molecule has 1 aliphatic rings. The molecule has 0 radical (unpaired) electrons. The Labute approximate surface area is 198 Å². The van der Waals surface area contributed by atoms with Gasteiger partial charge in [0.25, 0.3) is 5.56 Å². The highest BCUT2D eigenvalue weighted by Crippen LogP contribution is 2.27. The number of rotatable bonds is 7. The van der Waals surface area contributed by atoms with E-state index in [1.54, 1.807) is 41.3 Å². The van der Waals surface area contributed by atoms with Crippen LogP contribution in [0.1, 0.15) is 12.6 Å². The molecule has 0 bridgehead atoms. The highest BCUT2D eigenvalue weighted by Gasteiger charge is 2.30. The zero-order valence-electron chi connectivity index (χ0n) is 18.2. The standard InChI is InChI=1S/C22H20ClFN8O2/c1-2-31-19(22(28-29-31)17-6-5-14(23)8-18(17)24)13-32-21(33)9-15(10-26-32)30-11-16(12-30)34-20-4-3-7-25-27-20/h3-10,16H,2,11-13H2,1H3. The summed E-state index contributed by atoms with van der Waals surface area (Å²) in [4.78, 5) is 14.8. The lowest BCUT2D eigenvalue weighted by Gasteiger charge is -2.39. The SMILES string of the molecule is CCn1nnc(-c2ccc(Cl)cc2F)c1Cn1ncc(N2CC(Oc3cccnn3)C2)cc1=O. The van der Waals surface area contributed by atoms with Gasteiger partial charge in [0, 0.05) is 35.5 Å². The fraction of sp³-hybridized carbons (Fsp3) is 0.273. The van der Waals surface area contributed by atoms with Gasteiger partial charge < -0.3 is 9.64 Å². The van der Waals surface area contributed by atoms with Crippen molar-refractivity contribution in [3.8, 4) is 17.1 Å². The fourth-order valence-electron chi connectivity index (χ4n) is 3.74. The lowest BCUT2D eigenvalue weighted by Crippen LogP contribution is -2.54. The van der Waals surface area contributed by atoms with Gasteiger partial charge in [0.1, 0.15) is 17.6 Å². The molecule has 4 aromatic rings. The summed E-state index contributed by atoms with van der Waals surface area (Å²) in [6.07, 6.45) is 3.17. The minimum Gasteiger partial charge on any atom is -0.469 e. The van der Waals surface area contributed by atoms with Crippen LogP contribution < -0.4 is 15.2 Å². The van der Waals surface area contributed by atoms with E-state index < -0.39 is 5.82 Å². The van der Waals surface area contributed by atoms with E-state index in [4.69, 9.17) is 16.3 Å². The van der Waals surface area contributed by atoms with Crippen molar-refractivity contribution in [2.75, 3.05) is 18.0 Å². The summed E-state index contributed by atoms with van der Waals surface area (Å²) >= 11 is 5.88. The van der Waals surface area contributed by atoms with Crippen LogP contribution in [0.25, 0.3) is 11.3 Å². The number of aromatic nitrogens is 7. The smallest absolute Gasteiger partial charge is 0.269 e. The first-order chi connectivity index (χ1) is 16.5. The molecule has 0 saturated carbocycles. The molecule has 0 N–H and O–H groups in total. The second-order valence-corrected chi connectivity index (χ2v) is 8.18. The predicted molar refractivity (Wildman–Crippen MR) is 122 cm³/mol. The Balaban J connectivity index is 1.33. The Kier molecular flexibility index (Phi) is 5.93. The highest BCUT2D eigenvalue weighted by atomic mass is 35.5. The Bertz CT molecular complexity index is 1370. The van der Waals surface area contributed by atoms with E-state index in [0.29, 0.717) is 42.6 Å².